The van der Waals surface area contributed by atoms with Crippen molar-refractivity contribution in [1.29, 1.82) is 0 Å². The van der Waals surface area contributed by atoms with Crippen LogP contribution in [-0.2, 0) is 19.1 Å². The van der Waals surface area contributed by atoms with Crippen LogP contribution in [0.25, 0.3) is 11.4 Å². The summed E-state index contributed by atoms with van der Waals surface area (Å²) in [4.78, 5) is 34.1. The van der Waals surface area contributed by atoms with Crippen LogP contribution in [0.2, 0.25) is 0 Å². The fourth-order valence-corrected chi connectivity index (χ4v) is 5.43. The van der Waals surface area contributed by atoms with Gasteiger partial charge >= 0.3 is 11.9 Å². The van der Waals surface area contributed by atoms with E-state index in [2.05, 4.69) is 15.3 Å². The lowest BCUT2D eigenvalue weighted by Gasteiger charge is -2.29. The molecule has 192 valence electrons. The second kappa shape index (κ2) is 12.1. The number of allylic oxidation sites excluding steroid dienone is 2. The first-order valence-corrected chi connectivity index (χ1v) is 13.0. The van der Waals surface area contributed by atoms with Gasteiger partial charge in [-0.25, -0.2) is 14.6 Å². The van der Waals surface area contributed by atoms with Crippen LogP contribution >= 0.6 is 0 Å². The van der Waals surface area contributed by atoms with E-state index in [0.717, 1.165) is 24.3 Å². The fourth-order valence-electron chi connectivity index (χ4n) is 5.43. The van der Waals surface area contributed by atoms with Crippen molar-refractivity contribution < 1.29 is 19.1 Å². The topological polar surface area (TPSA) is 93.3 Å². The first-order valence-electron chi connectivity index (χ1n) is 13.0. The molecule has 0 amide bonds. The number of hydrogen-bond donors (Lipinski definition) is 2. The van der Waals surface area contributed by atoms with Gasteiger partial charge in [0.2, 0.25) is 0 Å². The van der Waals surface area contributed by atoms with Crippen LogP contribution in [0.15, 0.2) is 59.1 Å². The minimum Gasteiger partial charge on any atom is -0.466 e. The number of unbranched alkanes of at least 4 members (excludes halogenated alkanes) is 1. The molecule has 7 nitrogen and oxygen atoms in total. The average Bonchev–Trinajstić information content (AvgIpc) is 3.39. The third-order valence-corrected chi connectivity index (χ3v) is 7.30. The summed E-state index contributed by atoms with van der Waals surface area (Å²) in [6.07, 6.45) is 11.5. The van der Waals surface area contributed by atoms with Crippen molar-refractivity contribution in [3.63, 3.8) is 0 Å². The molecule has 0 saturated heterocycles. The molecular formula is C29H37N3O4. The quantitative estimate of drug-likeness (QED) is 0.341. The van der Waals surface area contributed by atoms with Crippen LogP contribution in [0.5, 0.6) is 0 Å². The van der Waals surface area contributed by atoms with Gasteiger partial charge in [0.15, 0.2) is 0 Å². The van der Waals surface area contributed by atoms with Crippen LogP contribution in [0.3, 0.4) is 0 Å². The highest BCUT2D eigenvalue weighted by molar-refractivity contribution is 5.99. The Morgan fingerprint density at radius 2 is 1.67 bits per heavy atom. The van der Waals surface area contributed by atoms with Gasteiger partial charge in [-0.15, -0.1) is 0 Å². The number of hydrogen-bond acceptors (Lipinski definition) is 6. The van der Waals surface area contributed by atoms with E-state index >= 15 is 0 Å². The van der Waals surface area contributed by atoms with Crippen molar-refractivity contribution in [2.75, 3.05) is 13.7 Å². The molecule has 1 aromatic carbocycles. The number of benzene rings is 1. The maximum atomic E-state index is 13.4. The van der Waals surface area contributed by atoms with Crippen molar-refractivity contribution in [3.05, 3.63) is 64.8 Å². The maximum absolute atomic E-state index is 13.4. The lowest BCUT2D eigenvalue weighted by Crippen LogP contribution is -2.32. The number of dihydropyridines is 1. The Bertz CT molecular complexity index is 1130. The molecule has 2 heterocycles. The molecule has 1 fully saturated rings. The highest BCUT2D eigenvalue weighted by Crippen LogP contribution is 2.39. The number of nitrogens with one attached hydrogen (secondary N) is 2. The number of aromatic nitrogens is 2. The number of aromatic amines is 1. The Hall–Kier alpha value is -3.35. The van der Waals surface area contributed by atoms with Gasteiger partial charge in [-0.2, -0.15) is 0 Å². The molecule has 2 aliphatic rings. The number of methoxy groups -OCH3 is 1. The number of H-pyrrole nitrogens is 1. The van der Waals surface area contributed by atoms with Gasteiger partial charge in [-0.05, 0) is 32.6 Å². The Morgan fingerprint density at radius 1 is 0.972 bits per heavy atom. The van der Waals surface area contributed by atoms with Gasteiger partial charge in [0.1, 0.15) is 5.82 Å². The van der Waals surface area contributed by atoms with Crippen molar-refractivity contribution >= 4 is 11.9 Å². The van der Waals surface area contributed by atoms with E-state index in [1.54, 1.807) is 6.20 Å². The van der Waals surface area contributed by atoms with Crippen molar-refractivity contribution in [3.8, 4) is 11.4 Å². The highest BCUT2D eigenvalue weighted by atomic mass is 16.5. The van der Waals surface area contributed by atoms with Crippen LogP contribution in [0, 0.1) is 5.92 Å². The second-order valence-electron chi connectivity index (χ2n) is 9.82. The lowest BCUT2D eigenvalue weighted by molar-refractivity contribution is -0.139. The number of carbonyl (C=O) groups is 2. The number of rotatable bonds is 9. The summed E-state index contributed by atoms with van der Waals surface area (Å²) < 4.78 is 10.8. The normalized spacial score (nSPS) is 18.7. The van der Waals surface area contributed by atoms with Crippen LogP contribution < -0.4 is 5.32 Å². The van der Waals surface area contributed by atoms with Crippen LogP contribution in [-0.4, -0.2) is 35.6 Å². The standard InChI is InChI=1S/C29H37N3O4/c1-19-24(28(33)35-3)26(23-18-30-27(32-23)22-15-8-5-9-16-22)25(20(2)31-19)29(34)36-17-11-10-14-21-12-6-4-7-13-21/h5,8-9,15-16,18,21,26,31H,4,6-7,10-14,17H2,1-3H3,(H,30,32). The summed E-state index contributed by atoms with van der Waals surface area (Å²) in [5.74, 6) is -0.0997. The zero-order chi connectivity index (χ0) is 25.5. The average molecular weight is 492 g/mol. The molecule has 7 heteroatoms. The van der Waals surface area contributed by atoms with E-state index in [0.29, 0.717) is 40.7 Å². The van der Waals surface area contributed by atoms with Crippen LogP contribution in [0.1, 0.15) is 76.8 Å². The molecule has 0 radical (unpaired) electrons. The summed E-state index contributed by atoms with van der Waals surface area (Å²) in [7, 11) is 1.34. The van der Waals surface area contributed by atoms with Gasteiger partial charge in [0.25, 0.3) is 0 Å². The van der Waals surface area contributed by atoms with E-state index in [1.165, 1.54) is 45.6 Å². The number of nitrogens with zero attached hydrogens (tertiary/aromatic N) is 1. The monoisotopic (exact) mass is 491 g/mol. The molecule has 1 aliphatic heterocycles. The molecule has 1 aromatic heterocycles. The van der Waals surface area contributed by atoms with Gasteiger partial charge in [0.05, 0.1) is 30.8 Å². The zero-order valence-corrected chi connectivity index (χ0v) is 21.6. The number of esters is 2. The van der Waals surface area contributed by atoms with E-state index in [9.17, 15) is 9.59 Å². The molecule has 1 atom stereocenters. The van der Waals surface area contributed by atoms with E-state index in [1.807, 2.05) is 44.2 Å². The lowest BCUT2D eigenvalue weighted by atomic mass is 9.83. The predicted octanol–water partition coefficient (Wildman–Crippen LogP) is 5.78. The molecule has 2 aromatic rings. The zero-order valence-electron chi connectivity index (χ0n) is 21.6. The minimum absolute atomic E-state index is 0.365. The molecule has 36 heavy (non-hydrogen) atoms. The molecule has 1 aliphatic carbocycles. The van der Waals surface area contributed by atoms with E-state index in [4.69, 9.17) is 9.47 Å². The SMILES string of the molecule is COC(=O)C1=C(C)NC(C)=C(C(=O)OCCCCC2CCCCC2)C1c1cnc(-c2ccccc2)[nH]1. The van der Waals surface area contributed by atoms with Gasteiger partial charge in [0, 0.05) is 28.8 Å². The molecular weight excluding hydrogens is 454 g/mol. The molecule has 0 spiro atoms. The fraction of sp³-hybridized carbons (Fsp3) is 0.483. The largest absolute Gasteiger partial charge is 0.466 e. The third-order valence-electron chi connectivity index (χ3n) is 7.30. The van der Waals surface area contributed by atoms with Crippen molar-refractivity contribution in [2.24, 2.45) is 5.92 Å². The van der Waals surface area contributed by atoms with Crippen LogP contribution in [0.4, 0.5) is 0 Å². The van der Waals surface area contributed by atoms with E-state index in [-0.39, 0.29) is 0 Å². The molecule has 4 rings (SSSR count). The Kier molecular flexibility index (Phi) is 8.62. The number of carbonyl (C=O) groups excluding carboxylic acids is 2. The molecule has 1 unspecified atom stereocenters. The maximum Gasteiger partial charge on any atom is 0.336 e. The summed E-state index contributed by atoms with van der Waals surface area (Å²) in [5, 5.41) is 3.18. The third kappa shape index (κ3) is 5.89. The summed E-state index contributed by atoms with van der Waals surface area (Å²) >= 11 is 0. The Balaban J connectivity index is 1.51. The summed E-state index contributed by atoms with van der Waals surface area (Å²) in [6, 6.07) is 9.73. The molecule has 0 bridgehead atoms. The second-order valence-corrected chi connectivity index (χ2v) is 9.82. The Labute approximate surface area is 213 Å². The minimum atomic E-state index is -0.668. The van der Waals surface area contributed by atoms with Crippen molar-refractivity contribution in [2.45, 2.75) is 71.1 Å². The van der Waals surface area contributed by atoms with E-state index < -0.39 is 17.9 Å². The Morgan fingerprint density at radius 3 is 2.36 bits per heavy atom. The molecule has 2 N–H and O–H groups in total. The number of imidazole rings is 1. The first-order chi connectivity index (χ1) is 17.5. The molecule has 1 saturated carbocycles. The van der Waals surface area contributed by atoms with Gasteiger partial charge < -0.3 is 19.8 Å². The predicted molar refractivity (Wildman–Crippen MR) is 139 cm³/mol. The van der Waals surface area contributed by atoms with Gasteiger partial charge in [-0.1, -0.05) is 68.9 Å². The first kappa shape index (κ1) is 25.7. The number of ether oxygens (including phenoxy) is 2. The summed E-state index contributed by atoms with van der Waals surface area (Å²) in [5.41, 5.74) is 3.63. The van der Waals surface area contributed by atoms with Gasteiger partial charge in [-0.3, -0.25) is 0 Å². The highest BCUT2D eigenvalue weighted by Gasteiger charge is 2.39. The smallest absolute Gasteiger partial charge is 0.336 e. The van der Waals surface area contributed by atoms with Crippen molar-refractivity contribution in [1.82, 2.24) is 15.3 Å². The summed E-state index contributed by atoms with van der Waals surface area (Å²) in [6.45, 7) is 4.01.